The van der Waals surface area contributed by atoms with Crippen LogP contribution in [0.2, 0.25) is 0 Å². The number of imidazole rings is 1. The van der Waals surface area contributed by atoms with Gasteiger partial charge in [-0.2, -0.15) is 0 Å². The summed E-state index contributed by atoms with van der Waals surface area (Å²) in [7, 11) is 1.67. The maximum absolute atomic E-state index is 11.1. The first kappa shape index (κ1) is 13.3. The second kappa shape index (κ2) is 5.26. The predicted octanol–water partition coefficient (Wildman–Crippen LogP) is 2.83. The van der Waals surface area contributed by atoms with Crippen molar-refractivity contribution in [2.24, 2.45) is 0 Å². The van der Waals surface area contributed by atoms with Crippen LogP contribution >= 0.6 is 0 Å². The number of ketones is 1. The molecule has 1 aromatic heterocycles. The maximum Gasteiger partial charge on any atom is 0.137 e. The summed E-state index contributed by atoms with van der Waals surface area (Å²) in [6.45, 7) is 5.60. The number of nitrogens with one attached hydrogen (secondary N) is 1. The molecule has 0 aliphatic carbocycles. The van der Waals surface area contributed by atoms with E-state index >= 15 is 0 Å². The maximum atomic E-state index is 11.1. The second-order valence-corrected chi connectivity index (χ2v) is 4.76. The SMILES string of the molecule is COc1cc(C)c(-c2cnc(CC(C)=O)[nH]2)cc1C. The Morgan fingerprint density at radius 2 is 2.05 bits per heavy atom. The van der Waals surface area contributed by atoms with Gasteiger partial charge in [-0.05, 0) is 44.0 Å². The minimum Gasteiger partial charge on any atom is -0.496 e. The van der Waals surface area contributed by atoms with Crippen LogP contribution in [0, 0.1) is 13.8 Å². The van der Waals surface area contributed by atoms with Crippen LogP contribution in [0.3, 0.4) is 0 Å². The number of aromatic amines is 1. The number of carbonyl (C=O) groups is 1. The topological polar surface area (TPSA) is 55.0 Å². The standard InChI is InChI=1S/C15H18N2O2/c1-9-6-14(19-4)10(2)5-12(9)13-8-16-15(17-13)7-11(3)18/h5-6,8H,7H2,1-4H3,(H,16,17). The van der Waals surface area contributed by atoms with Gasteiger partial charge in [0.05, 0.1) is 25.4 Å². The number of Topliss-reactive ketones (excluding diaryl/α,β-unsaturated/α-hetero) is 1. The van der Waals surface area contributed by atoms with Crippen molar-refractivity contribution >= 4 is 5.78 Å². The molecule has 1 aromatic carbocycles. The van der Waals surface area contributed by atoms with Crippen molar-refractivity contribution in [3.8, 4) is 17.0 Å². The van der Waals surface area contributed by atoms with Crippen LogP contribution in [0.25, 0.3) is 11.3 Å². The number of rotatable bonds is 4. The molecule has 0 spiro atoms. The number of carbonyl (C=O) groups excluding carboxylic acids is 1. The molecule has 0 bridgehead atoms. The van der Waals surface area contributed by atoms with Gasteiger partial charge in [0.25, 0.3) is 0 Å². The molecule has 4 heteroatoms. The lowest BCUT2D eigenvalue weighted by atomic mass is 10.0. The molecule has 1 N–H and O–H groups in total. The number of ether oxygens (including phenoxy) is 1. The third-order valence-corrected chi connectivity index (χ3v) is 3.08. The Labute approximate surface area is 112 Å². The quantitative estimate of drug-likeness (QED) is 0.917. The van der Waals surface area contributed by atoms with Crippen molar-refractivity contribution in [2.45, 2.75) is 27.2 Å². The van der Waals surface area contributed by atoms with Crippen molar-refractivity contribution in [1.82, 2.24) is 9.97 Å². The number of aromatic nitrogens is 2. The Bertz CT molecular complexity index is 615. The Morgan fingerprint density at radius 1 is 1.32 bits per heavy atom. The van der Waals surface area contributed by atoms with Crippen LogP contribution in [0.5, 0.6) is 5.75 Å². The Morgan fingerprint density at radius 3 is 2.68 bits per heavy atom. The fourth-order valence-corrected chi connectivity index (χ4v) is 2.12. The molecule has 0 aliphatic heterocycles. The van der Waals surface area contributed by atoms with Gasteiger partial charge in [-0.3, -0.25) is 4.79 Å². The number of nitrogens with zero attached hydrogens (tertiary/aromatic N) is 1. The molecule has 4 nitrogen and oxygen atoms in total. The molecule has 0 amide bonds. The van der Waals surface area contributed by atoms with Crippen LogP contribution in [-0.4, -0.2) is 22.9 Å². The second-order valence-electron chi connectivity index (χ2n) is 4.76. The molecule has 0 saturated carbocycles. The zero-order valence-corrected chi connectivity index (χ0v) is 11.7. The molecular weight excluding hydrogens is 240 g/mol. The molecule has 0 fully saturated rings. The largest absolute Gasteiger partial charge is 0.496 e. The Hall–Kier alpha value is -2.10. The molecule has 100 valence electrons. The zero-order chi connectivity index (χ0) is 14.0. The summed E-state index contributed by atoms with van der Waals surface area (Å²) in [6.07, 6.45) is 2.11. The number of hydrogen-bond donors (Lipinski definition) is 1. The van der Waals surface area contributed by atoms with E-state index in [9.17, 15) is 4.79 Å². The molecule has 1 heterocycles. The van der Waals surface area contributed by atoms with Gasteiger partial charge in [0, 0.05) is 5.56 Å². The van der Waals surface area contributed by atoms with Gasteiger partial charge in [-0.15, -0.1) is 0 Å². The van der Waals surface area contributed by atoms with E-state index in [0.29, 0.717) is 12.2 Å². The highest BCUT2D eigenvalue weighted by Crippen LogP contribution is 2.29. The van der Waals surface area contributed by atoms with Gasteiger partial charge in [0.2, 0.25) is 0 Å². The summed E-state index contributed by atoms with van der Waals surface area (Å²) >= 11 is 0. The van der Waals surface area contributed by atoms with E-state index in [4.69, 9.17) is 4.74 Å². The van der Waals surface area contributed by atoms with Crippen LogP contribution in [-0.2, 0) is 11.2 Å². The summed E-state index contributed by atoms with van der Waals surface area (Å²) in [4.78, 5) is 18.5. The fraction of sp³-hybridized carbons (Fsp3) is 0.333. The molecular formula is C15H18N2O2. The van der Waals surface area contributed by atoms with Gasteiger partial charge in [0.1, 0.15) is 17.4 Å². The van der Waals surface area contributed by atoms with Gasteiger partial charge in [0.15, 0.2) is 0 Å². The van der Waals surface area contributed by atoms with Crippen molar-refractivity contribution in [2.75, 3.05) is 7.11 Å². The number of H-pyrrole nitrogens is 1. The van der Waals surface area contributed by atoms with Crippen molar-refractivity contribution < 1.29 is 9.53 Å². The molecule has 0 radical (unpaired) electrons. The molecule has 0 atom stereocenters. The lowest BCUT2D eigenvalue weighted by Crippen LogP contribution is -1.98. The third kappa shape index (κ3) is 2.84. The first-order valence-corrected chi connectivity index (χ1v) is 6.20. The first-order valence-electron chi connectivity index (χ1n) is 6.20. The lowest BCUT2D eigenvalue weighted by molar-refractivity contribution is -0.116. The van der Waals surface area contributed by atoms with Crippen molar-refractivity contribution in [3.05, 3.63) is 35.3 Å². The number of aryl methyl sites for hydroxylation is 2. The highest BCUT2D eigenvalue weighted by atomic mass is 16.5. The minimum absolute atomic E-state index is 0.100. The van der Waals surface area contributed by atoms with Gasteiger partial charge in [-0.1, -0.05) is 0 Å². The molecule has 0 unspecified atom stereocenters. The normalized spacial score (nSPS) is 10.5. The smallest absolute Gasteiger partial charge is 0.137 e. The third-order valence-electron chi connectivity index (χ3n) is 3.08. The van der Waals surface area contributed by atoms with E-state index in [-0.39, 0.29) is 5.78 Å². The van der Waals surface area contributed by atoms with Crippen LogP contribution in [0.15, 0.2) is 18.3 Å². The molecule has 19 heavy (non-hydrogen) atoms. The monoisotopic (exact) mass is 258 g/mol. The summed E-state index contributed by atoms with van der Waals surface area (Å²) in [5.74, 6) is 1.68. The van der Waals surface area contributed by atoms with Crippen molar-refractivity contribution in [3.63, 3.8) is 0 Å². The molecule has 0 saturated heterocycles. The molecule has 2 aromatic rings. The van der Waals surface area contributed by atoms with E-state index in [0.717, 1.165) is 28.1 Å². The van der Waals surface area contributed by atoms with E-state index < -0.39 is 0 Å². The Balaban J connectivity index is 2.39. The molecule has 0 aliphatic rings. The lowest BCUT2D eigenvalue weighted by Gasteiger charge is -2.10. The van der Waals surface area contributed by atoms with Crippen LogP contribution < -0.4 is 4.74 Å². The highest BCUT2D eigenvalue weighted by molar-refractivity contribution is 5.77. The van der Waals surface area contributed by atoms with E-state index in [1.54, 1.807) is 20.2 Å². The average molecular weight is 258 g/mol. The van der Waals surface area contributed by atoms with Gasteiger partial charge >= 0.3 is 0 Å². The predicted molar refractivity (Wildman–Crippen MR) is 74.4 cm³/mol. The Kier molecular flexibility index (Phi) is 3.69. The van der Waals surface area contributed by atoms with Gasteiger partial charge < -0.3 is 9.72 Å². The van der Waals surface area contributed by atoms with Crippen molar-refractivity contribution in [1.29, 1.82) is 0 Å². The number of methoxy groups -OCH3 is 1. The summed E-state index contributed by atoms with van der Waals surface area (Å²) in [5, 5.41) is 0. The fourth-order valence-electron chi connectivity index (χ4n) is 2.12. The van der Waals surface area contributed by atoms with Gasteiger partial charge in [-0.25, -0.2) is 4.98 Å². The summed E-state index contributed by atoms with van der Waals surface area (Å²) < 4.78 is 5.30. The van der Waals surface area contributed by atoms with Crippen LogP contribution in [0.1, 0.15) is 23.9 Å². The number of benzene rings is 1. The summed E-state index contributed by atoms with van der Waals surface area (Å²) in [5.41, 5.74) is 4.20. The average Bonchev–Trinajstić information content (AvgIpc) is 2.79. The van der Waals surface area contributed by atoms with Crippen LogP contribution in [0.4, 0.5) is 0 Å². The van der Waals surface area contributed by atoms with E-state index in [1.165, 1.54) is 0 Å². The first-order chi connectivity index (χ1) is 9.01. The van der Waals surface area contributed by atoms with E-state index in [1.807, 2.05) is 19.9 Å². The molecule has 2 rings (SSSR count). The summed E-state index contributed by atoms with van der Waals surface area (Å²) in [6, 6.07) is 4.08. The number of hydrogen-bond acceptors (Lipinski definition) is 3. The van der Waals surface area contributed by atoms with E-state index in [2.05, 4.69) is 16.0 Å². The minimum atomic E-state index is 0.100. The zero-order valence-electron chi connectivity index (χ0n) is 11.7. The highest BCUT2D eigenvalue weighted by Gasteiger charge is 2.10.